The fraction of sp³-hybridized carbons (Fsp3) is 0.323. The summed E-state index contributed by atoms with van der Waals surface area (Å²) in [7, 11) is -4.08. The van der Waals surface area contributed by atoms with E-state index in [0.717, 1.165) is 10.0 Å². The second-order valence-corrected chi connectivity index (χ2v) is 13.5. The van der Waals surface area contributed by atoms with Crippen molar-refractivity contribution in [1.82, 2.24) is 4.31 Å². The number of hydrogen-bond acceptors (Lipinski definition) is 9. The summed E-state index contributed by atoms with van der Waals surface area (Å²) in [5, 5.41) is 9.80. The van der Waals surface area contributed by atoms with Crippen molar-refractivity contribution in [2.45, 2.75) is 43.6 Å². The number of rotatable bonds is 12. The highest BCUT2D eigenvalue weighted by atomic mass is 79.9. The van der Waals surface area contributed by atoms with Crippen LogP contribution < -0.4 is 10.5 Å². The van der Waals surface area contributed by atoms with Crippen molar-refractivity contribution in [3.63, 3.8) is 0 Å². The number of carbonyl (C=O) groups is 3. The second kappa shape index (κ2) is 13.5. The molecule has 0 bridgehead atoms. The van der Waals surface area contributed by atoms with E-state index < -0.39 is 57.7 Å². The summed E-state index contributed by atoms with van der Waals surface area (Å²) in [5.74, 6) is -5.29. The van der Waals surface area contributed by atoms with Gasteiger partial charge >= 0.3 is 17.9 Å². The van der Waals surface area contributed by atoms with Gasteiger partial charge < -0.3 is 25.1 Å². The van der Waals surface area contributed by atoms with E-state index in [1.165, 1.54) is 35.5 Å². The van der Waals surface area contributed by atoms with E-state index in [1.807, 2.05) is 48.5 Å². The van der Waals surface area contributed by atoms with E-state index in [4.69, 9.17) is 19.9 Å². The van der Waals surface area contributed by atoms with Gasteiger partial charge in [-0.2, -0.15) is 4.31 Å². The average molecular weight is 690 g/mol. The van der Waals surface area contributed by atoms with Crippen LogP contribution in [0.15, 0.2) is 88.2 Å². The zero-order chi connectivity index (χ0) is 32.2. The Balaban J connectivity index is 1.55. The predicted molar refractivity (Wildman–Crippen MR) is 163 cm³/mol. The van der Waals surface area contributed by atoms with Gasteiger partial charge in [-0.3, -0.25) is 14.4 Å². The number of ether oxygens (including phenoxy) is 3. The van der Waals surface area contributed by atoms with Gasteiger partial charge in [0.25, 0.3) is 0 Å². The molecule has 1 heterocycles. The Morgan fingerprint density at radius 1 is 0.909 bits per heavy atom. The van der Waals surface area contributed by atoms with Crippen LogP contribution in [0, 0.1) is 11.8 Å². The van der Waals surface area contributed by atoms with Crippen molar-refractivity contribution in [3.8, 4) is 5.75 Å². The monoisotopic (exact) mass is 688 g/mol. The number of esters is 2. The van der Waals surface area contributed by atoms with Crippen LogP contribution >= 0.6 is 15.9 Å². The Hall–Kier alpha value is -3.78. The molecule has 3 aromatic carbocycles. The first-order valence-electron chi connectivity index (χ1n) is 13.7. The minimum Gasteiger partial charge on any atom is -0.481 e. The van der Waals surface area contributed by atoms with Crippen LogP contribution in [0.5, 0.6) is 5.75 Å². The third-order valence-electron chi connectivity index (χ3n) is 7.10. The molecule has 1 aliphatic heterocycles. The van der Waals surface area contributed by atoms with Gasteiger partial charge in [0.05, 0.1) is 34.4 Å². The van der Waals surface area contributed by atoms with Crippen molar-refractivity contribution in [3.05, 3.63) is 94.5 Å². The largest absolute Gasteiger partial charge is 0.481 e. The highest BCUT2D eigenvalue weighted by Gasteiger charge is 2.52. The lowest BCUT2D eigenvalue weighted by Crippen LogP contribution is -2.64. The molecule has 2 unspecified atom stereocenters. The van der Waals surface area contributed by atoms with Crippen LogP contribution in [-0.4, -0.2) is 55.1 Å². The molecular weight excluding hydrogens is 656 g/mol. The molecule has 1 fully saturated rings. The SMILES string of the molecule is CC(OC(=O)C(C)C)OC(=O)[C@H](C(=O)O)C(N)c1cccc(S(=O)(=O)N2CC(Oc3ccccc3Br)(c3ccccc3)C2)c1. The molecule has 13 heteroatoms. The second-order valence-electron chi connectivity index (χ2n) is 10.7. The summed E-state index contributed by atoms with van der Waals surface area (Å²) in [4.78, 5) is 36.5. The normalized spacial score (nSPS) is 16.7. The summed E-state index contributed by atoms with van der Waals surface area (Å²) >= 11 is 3.48. The molecule has 0 spiro atoms. The number of carboxylic acid groups (broad SMARTS) is 1. The van der Waals surface area contributed by atoms with Crippen molar-refractivity contribution in [2.75, 3.05) is 13.1 Å². The minimum atomic E-state index is -4.08. The molecule has 0 radical (unpaired) electrons. The summed E-state index contributed by atoms with van der Waals surface area (Å²) < 4.78 is 45.9. The van der Waals surface area contributed by atoms with Crippen LogP contribution in [0.2, 0.25) is 0 Å². The maximum Gasteiger partial charge on any atom is 0.325 e. The van der Waals surface area contributed by atoms with Gasteiger partial charge in [0.2, 0.25) is 16.3 Å². The molecule has 234 valence electrons. The van der Waals surface area contributed by atoms with E-state index >= 15 is 0 Å². The highest BCUT2D eigenvalue weighted by molar-refractivity contribution is 9.10. The number of carboxylic acids is 1. The fourth-order valence-electron chi connectivity index (χ4n) is 4.66. The summed E-state index contributed by atoms with van der Waals surface area (Å²) in [6.07, 6.45) is -1.35. The van der Waals surface area contributed by atoms with Crippen molar-refractivity contribution in [2.24, 2.45) is 17.6 Å². The first-order valence-corrected chi connectivity index (χ1v) is 16.0. The molecule has 3 N–H and O–H groups in total. The molecular formula is C31H33BrN2O9S. The lowest BCUT2D eigenvalue weighted by atomic mass is 9.87. The average Bonchev–Trinajstić information content (AvgIpc) is 2.95. The lowest BCUT2D eigenvalue weighted by Gasteiger charge is -2.49. The molecule has 44 heavy (non-hydrogen) atoms. The third kappa shape index (κ3) is 7.12. The number of nitrogens with zero attached hydrogens (tertiary/aromatic N) is 1. The topological polar surface area (TPSA) is 163 Å². The first-order chi connectivity index (χ1) is 20.7. The number of benzene rings is 3. The van der Waals surface area contributed by atoms with Crippen molar-refractivity contribution in [1.29, 1.82) is 0 Å². The van der Waals surface area contributed by atoms with Crippen molar-refractivity contribution >= 4 is 43.9 Å². The number of nitrogens with two attached hydrogens (primary N) is 1. The van der Waals surface area contributed by atoms with Gasteiger partial charge in [-0.25, -0.2) is 8.42 Å². The van der Waals surface area contributed by atoms with Gasteiger partial charge in [0.1, 0.15) is 5.75 Å². The van der Waals surface area contributed by atoms with E-state index in [9.17, 15) is 27.9 Å². The Labute approximate surface area is 264 Å². The van der Waals surface area contributed by atoms with Gasteiger partial charge in [-0.15, -0.1) is 0 Å². The van der Waals surface area contributed by atoms with Gasteiger partial charge in [-0.1, -0.05) is 68.4 Å². The van der Waals surface area contributed by atoms with Crippen LogP contribution in [0.4, 0.5) is 0 Å². The Morgan fingerprint density at radius 2 is 1.52 bits per heavy atom. The Bertz CT molecular complexity index is 1630. The summed E-state index contributed by atoms with van der Waals surface area (Å²) in [5.41, 5.74) is 6.12. The molecule has 0 saturated carbocycles. The van der Waals surface area contributed by atoms with Crippen LogP contribution in [0.3, 0.4) is 0 Å². The number of para-hydroxylation sites is 1. The first kappa shape index (κ1) is 33.1. The van der Waals surface area contributed by atoms with Crippen molar-refractivity contribution < 1.29 is 42.1 Å². The zero-order valence-corrected chi connectivity index (χ0v) is 26.7. The summed E-state index contributed by atoms with van der Waals surface area (Å²) in [6, 6.07) is 20.6. The zero-order valence-electron chi connectivity index (χ0n) is 24.3. The van der Waals surface area contributed by atoms with E-state index in [0.29, 0.717) is 5.75 Å². The Kier molecular flexibility index (Phi) is 10.1. The predicted octanol–water partition coefficient (Wildman–Crippen LogP) is 4.22. The quantitative estimate of drug-likeness (QED) is 0.160. The molecule has 0 aliphatic carbocycles. The smallest absolute Gasteiger partial charge is 0.325 e. The van der Waals surface area contributed by atoms with E-state index in [1.54, 1.807) is 19.9 Å². The molecule has 3 atom stereocenters. The Morgan fingerprint density at radius 3 is 2.14 bits per heavy atom. The van der Waals surface area contributed by atoms with Crippen LogP contribution in [0.1, 0.15) is 37.9 Å². The standard InChI is InChI=1S/C31H33BrN2O9S/c1-19(2)29(37)41-20(3)42-30(38)26(28(35)36)27(33)21-10-9-13-23(16-21)44(39,40)34-17-31(18-34,22-11-5-4-6-12-22)43-25-15-8-7-14-24(25)32/h4-16,19-20,26-27H,17-18,33H2,1-3H3,(H,35,36)/t20?,26-,27?/m0/s1. The molecule has 3 aromatic rings. The maximum atomic E-state index is 13.7. The molecule has 4 rings (SSSR count). The van der Waals surface area contributed by atoms with E-state index in [-0.39, 0.29) is 23.5 Å². The number of hydrogen-bond donors (Lipinski definition) is 2. The molecule has 1 aliphatic rings. The van der Waals surface area contributed by atoms with Gasteiger partial charge in [-0.05, 0) is 51.3 Å². The number of carbonyl (C=O) groups excluding carboxylic acids is 2. The number of halogens is 1. The highest BCUT2D eigenvalue weighted by Crippen LogP contribution is 2.42. The molecule has 0 aromatic heterocycles. The van der Waals surface area contributed by atoms with Gasteiger partial charge in [0.15, 0.2) is 11.5 Å². The number of aliphatic carboxylic acids is 1. The molecule has 1 saturated heterocycles. The lowest BCUT2D eigenvalue weighted by molar-refractivity contribution is -0.191. The van der Waals surface area contributed by atoms with Crippen LogP contribution in [0.25, 0.3) is 0 Å². The molecule has 0 amide bonds. The third-order valence-corrected chi connectivity index (χ3v) is 9.54. The summed E-state index contributed by atoms with van der Waals surface area (Å²) in [6.45, 7) is 4.47. The number of sulfonamides is 1. The van der Waals surface area contributed by atoms with Crippen LogP contribution in [-0.2, 0) is 39.5 Å². The maximum absolute atomic E-state index is 13.7. The minimum absolute atomic E-state index is 0.00796. The van der Waals surface area contributed by atoms with Gasteiger partial charge in [0, 0.05) is 6.92 Å². The fourth-order valence-corrected chi connectivity index (χ4v) is 6.62. The van der Waals surface area contributed by atoms with E-state index in [2.05, 4.69) is 15.9 Å². The molecule has 11 nitrogen and oxygen atoms in total.